The number of hydrazine groups is 1. The third kappa shape index (κ3) is 4.12. The number of carbonyl (C=O) groups is 1. The van der Waals surface area contributed by atoms with Crippen LogP contribution in [0.3, 0.4) is 0 Å². The minimum absolute atomic E-state index is 0.464. The van der Waals surface area contributed by atoms with E-state index in [9.17, 15) is 4.79 Å². The first-order chi connectivity index (χ1) is 4.39. The highest BCUT2D eigenvalue weighted by molar-refractivity contribution is 5.78. The van der Waals surface area contributed by atoms with Crippen LogP contribution in [0.25, 0.3) is 0 Å². The summed E-state index contributed by atoms with van der Waals surface area (Å²) in [5.41, 5.74) is 0. The van der Waals surface area contributed by atoms with Gasteiger partial charge in [-0.15, -0.1) is 0 Å². The van der Waals surface area contributed by atoms with Crippen LogP contribution in [0.1, 0.15) is 32.1 Å². The molecular formula is C6H14N2O. The van der Waals surface area contributed by atoms with Crippen molar-refractivity contribution < 1.29 is 4.79 Å². The maximum Gasteiger partial charge on any atom is 0.132 e. The summed E-state index contributed by atoms with van der Waals surface area (Å²) in [5, 5.41) is 0. The van der Waals surface area contributed by atoms with E-state index in [1.807, 2.05) is 0 Å². The molecule has 0 saturated heterocycles. The average molecular weight is 130 g/mol. The number of hydrogen-bond acceptors (Lipinski definition) is 3. The topological polar surface area (TPSA) is 69.1 Å². The molecule has 9 heavy (non-hydrogen) atoms. The molecule has 1 saturated carbocycles. The number of Topliss-reactive ketones (excluding diaryl/α,β-unsaturated/α-hetero) is 1. The summed E-state index contributed by atoms with van der Waals surface area (Å²) in [5.74, 6) is 8.46. The van der Waals surface area contributed by atoms with Gasteiger partial charge >= 0.3 is 0 Å². The lowest BCUT2D eigenvalue weighted by Crippen LogP contribution is -2.02. The fourth-order valence-electron chi connectivity index (χ4n) is 0.946. The zero-order valence-corrected chi connectivity index (χ0v) is 5.60. The van der Waals surface area contributed by atoms with E-state index < -0.39 is 0 Å². The predicted molar refractivity (Wildman–Crippen MR) is 36.5 cm³/mol. The third-order valence-corrected chi connectivity index (χ3v) is 1.41. The smallest absolute Gasteiger partial charge is 0.132 e. The van der Waals surface area contributed by atoms with Gasteiger partial charge in [-0.25, -0.2) is 0 Å². The van der Waals surface area contributed by atoms with Crippen LogP contribution in [0, 0.1) is 0 Å². The van der Waals surface area contributed by atoms with E-state index >= 15 is 0 Å². The van der Waals surface area contributed by atoms with Crippen molar-refractivity contribution in [1.29, 1.82) is 0 Å². The second-order valence-electron chi connectivity index (χ2n) is 2.10. The minimum Gasteiger partial charge on any atom is -0.300 e. The minimum atomic E-state index is 0.464. The van der Waals surface area contributed by atoms with E-state index in [1.165, 1.54) is 6.42 Å². The maximum absolute atomic E-state index is 10.5. The Labute approximate surface area is 55.4 Å². The zero-order valence-electron chi connectivity index (χ0n) is 5.60. The molecule has 0 heterocycles. The molecule has 0 aliphatic heterocycles. The standard InChI is InChI=1S/C6H10O.H4N2/c7-6-4-2-1-3-5-6;1-2/h1-5H2;1-2H2. The van der Waals surface area contributed by atoms with Crippen LogP contribution in [0.5, 0.6) is 0 Å². The van der Waals surface area contributed by atoms with Crippen LogP contribution in [0.4, 0.5) is 0 Å². The van der Waals surface area contributed by atoms with Gasteiger partial charge in [-0.2, -0.15) is 0 Å². The summed E-state index contributed by atoms with van der Waals surface area (Å²) in [6.45, 7) is 0. The molecule has 3 nitrogen and oxygen atoms in total. The Hall–Kier alpha value is -0.410. The van der Waals surface area contributed by atoms with Crippen molar-refractivity contribution in [3.8, 4) is 0 Å². The van der Waals surface area contributed by atoms with Gasteiger partial charge in [0.25, 0.3) is 0 Å². The monoisotopic (exact) mass is 130 g/mol. The van der Waals surface area contributed by atoms with Crippen LogP contribution >= 0.6 is 0 Å². The molecule has 0 bridgehead atoms. The summed E-state index contributed by atoms with van der Waals surface area (Å²) in [6, 6.07) is 0. The molecule has 0 atom stereocenters. The molecule has 54 valence electrons. The van der Waals surface area contributed by atoms with Crippen LogP contribution in [0.2, 0.25) is 0 Å². The normalized spacial score (nSPS) is 18.2. The number of hydrogen-bond donors (Lipinski definition) is 2. The highest BCUT2D eigenvalue weighted by Crippen LogP contribution is 2.12. The van der Waals surface area contributed by atoms with E-state index in [0.717, 1.165) is 25.7 Å². The second-order valence-corrected chi connectivity index (χ2v) is 2.10. The summed E-state index contributed by atoms with van der Waals surface area (Å²) in [7, 11) is 0. The number of nitrogens with two attached hydrogens (primary N) is 2. The van der Waals surface area contributed by atoms with Gasteiger partial charge in [-0.3, -0.25) is 16.5 Å². The van der Waals surface area contributed by atoms with Crippen LogP contribution < -0.4 is 11.7 Å². The largest absolute Gasteiger partial charge is 0.300 e. The first-order valence-corrected chi connectivity index (χ1v) is 3.24. The fourth-order valence-corrected chi connectivity index (χ4v) is 0.946. The van der Waals surface area contributed by atoms with Crippen molar-refractivity contribution >= 4 is 5.78 Å². The van der Waals surface area contributed by atoms with Gasteiger partial charge in [0.15, 0.2) is 0 Å². The Balaban J connectivity index is 0.000000291. The predicted octanol–water partition coefficient (Wildman–Crippen LogP) is 0.338. The zero-order chi connectivity index (χ0) is 7.11. The summed E-state index contributed by atoms with van der Waals surface area (Å²) >= 11 is 0. The lowest BCUT2D eigenvalue weighted by atomic mass is 10.00. The second kappa shape index (κ2) is 5.72. The Morgan fingerprint density at radius 2 is 1.44 bits per heavy atom. The molecule has 1 aliphatic rings. The molecule has 0 aromatic carbocycles. The van der Waals surface area contributed by atoms with Crippen molar-refractivity contribution in [2.24, 2.45) is 11.7 Å². The molecule has 0 radical (unpaired) electrons. The van der Waals surface area contributed by atoms with E-state index in [2.05, 4.69) is 11.7 Å². The SMILES string of the molecule is NN.O=C1CCCCC1. The lowest BCUT2D eigenvalue weighted by Gasteiger charge is -2.05. The molecule has 0 amide bonds. The molecule has 0 aromatic heterocycles. The van der Waals surface area contributed by atoms with Crippen molar-refractivity contribution in [3.05, 3.63) is 0 Å². The maximum atomic E-state index is 10.5. The van der Waals surface area contributed by atoms with Crippen LogP contribution in [-0.4, -0.2) is 5.78 Å². The highest BCUT2D eigenvalue weighted by Gasteiger charge is 2.05. The number of ketones is 1. The summed E-state index contributed by atoms with van der Waals surface area (Å²) in [4.78, 5) is 10.5. The molecule has 1 aliphatic carbocycles. The van der Waals surface area contributed by atoms with Gasteiger partial charge in [0.2, 0.25) is 0 Å². The Bertz CT molecular complexity index is 75.1. The van der Waals surface area contributed by atoms with E-state index in [0.29, 0.717) is 5.78 Å². The molecule has 1 fully saturated rings. The summed E-state index contributed by atoms with van der Waals surface area (Å²) < 4.78 is 0. The molecular weight excluding hydrogens is 116 g/mol. The Morgan fingerprint density at radius 3 is 1.67 bits per heavy atom. The molecule has 0 spiro atoms. The van der Waals surface area contributed by atoms with E-state index in [4.69, 9.17) is 0 Å². The molecule has 4 N–H and O–H groups in total. The van der Waals surface area contributed by atoms with Gasteiger partial charge < -0.3 is 0 Å². The van der Waals surface area contributed by atoms with Crippen LogP contribution in [-0.2, 0) is 4.79 Å². The van der Waals surface area contributed by atoms with Gasteiger partial charge in [0.05, 0.1) is 0 Å². The van der Waals surface area contributed by atoms with Crippen LogP contribution in [0.15, 0.2) is 0 Å². The van der Waals surface area contributed by atoms with E-state index in [-0.39, 0.29) is 0 Å². The Morgan fingerprint density at radius 1 is 1.00 bits per heavy atom. The van der Waals surface area contributed by atoms with Crippen molar-refractivity contribution in [3.63, 3.8) is 0 Å². The van der Waals surface area contributed by atoms with Gasteiger partial charge in [0, 0.05) is 12.8 Å². The third-order valence-electron chi connectivity index (χ3n) is 1.41. The molecule has 1 rings (SSSR count). The van der Waals surface area contributed by atoms with Crippen molar-refractivity contribution in [2.75, 3.05) is 0 Å². The first kappa shape index (κ1) is 8.59. The first-order valence-electron chi connectivity index (χ1n) is 3.24. The molecule has 0 unspecified atom stereocenters. The molecule has 0 aromatic rings. The number of rotatable bonds is 0. The fraction of sp³-hybridized carbons (Fsp3) is 0.833. The van der Waals surface area contributed by atoms with Gasteiger partial charge in [-0.1, -0.05) is 6.42 Å². The quantitative estimate of drug-likeness (QED) is 0.367. The van der Waals surface area contributed by atoms with E-state index in [1.54, 1.807) is 0 Å². The van der Waals surface area contributed by atoms with Gasteiger partial charge in [0.1, 0.15) is 5.78 Å². The highest BCUT2D eigenvalue weighted by atomic mass is 16.1. The van der Waals surface area contributed by atoms with Gasteiger partial charge in [-0.05, 0) is 12.8 Å². The lowest BCUT2D eigenvalue weighted by molar-refractivity contribution is -0.120. The molecule has 3 heteroatoms. The van der Waals surface area contributed by atoms with Crippen molar-refractivity contribution in [2.45, 2.75) is 32.1 Å². The summed E-state index contributed by atoms with van der Waals surface area (Å²) in [6.07, 6.45) is 5.24. The average Bonchev–Trinajstić information content (AvgIpc) is 1.94. The Kier molecular flexibility index (Phi) is 5.46. The van der Waals surface area contributed by atoms with Crippen molar-refractivity contribution in [1.82, 2.24) is 0 Å². The number of carbonyl (C=O) groups excluding carboxylic acids is 1.